The van der Waals surface area contributed by atoms with Crippen LogP contribution in [0.15, 0.2) is 29.8 Å². The molecule has 0 unspecified atom stereocenters. The number of isocyanates is 1. The Balaban J connectivity index is 0. The molecule has 0 spiro atoms. The van der Waals surface area contributed by atoms with E-state index < -0.39 is 5.97 Å². The van der Waals surface area contributed by atoms with E-state index in [0.29, 0.717) is 13.2 Å². The topological polar surface area (TPSA) is 93.0 Å². The molecule has 6 heteroatoms. The first kappa shape index (κ1) is 20.1. The van der Waals surface area contributed by atoms with E-state index in [1.165, 1.54) is 13.0 Å². The minimum absolute atomic E-state index is 0.176. The smallest absolute Gasteiger partial charge is 0.330 e. The molecule has 0 rings (SSSR count). The minimum atomic E-state index is -0.935. The van der Waals surface area contributed by atoms with Crippen molar-refractivity contribution in [3.05, 3.63) is 24.8 Å². The second-order valence-electron chi connectivity index (χ2n) is 3.84. The van der Waals surface area contributed by atoms with E-state index in [0.717, 1.165) is 31.8 Å². The third-order valence-electron chi connectivity index (χ3n) is 2.00. The number of hydrogen-bond acceptors (Lipinski definition) is 5. The summed E-state index contributed by atoms with van der Waals surface area (Å²) in [6, 6.07) is 0. The summed E-state index contributed by atoms with van der Waals surface area (Å²) in [5.74, 6) is -1.31. The second kappa shape index (κ2) is 14.9. The van der Waals surface area contributed by atoms with Crippen LogP contribution in [0.3, 0.4) is 0 Å². The maximum atomic E-state index is 10.6. The average Bonchev–Trinajstić information content (AvgIpc) is 2.42. The van der Waals surface area contributed by atoms with Crippen LogP contribution >= 0.6 is 0 Å². The van der Waals surface area contributed by atoms with Crippen LogP contribution in [-0.4, -0.2) is 36.3 Å². The monoisotopic (exact) mass is 283 g/mol. The van der Waals surface area contributed by atoms with Crippen LogP contribution in [0.5, 0.6) is 0 Å². The number of hydrogen-bond donors (Lipinski definition) is 1. The molecule has 0 aliphatic heterocycles. The molecular formula is C14H21NO5. The van der Waals surface area contributed by atoms with E-state index in [9.17, 15) is 14.4 Å². The third-order valence-corrected chi connectivity index (χ3v) is 2.00. The molecule has 0 amide bonds. The van der Waals surface area contributed by atoms with Crippen molar-refractivity contribution in [3.63, 3.8) is 0 Å². The van der Waals surface area contributed by atoms with Gasteiger partial charge in [0.05, 0.1) is 13.2 Å². The lowest BCUT2D eigenvalue weighted by Gasteiger charge is -2.00. The van der Waals surface area contributed by atoms with Gasteiger partial charge in [0, 0.05) is 11.6 Å². The fourth-order valence-corrected chi connectivity index (χ4v) is 0.924. The van der Waals surface area contributed by atoms with Crippen molar-refractivity contribution in [2.45, 2.75) is 32.6 Å². The van der Waals surface area contributed by atoms with Gasteiger partial charge in [0.1, 0.15) is 0 Å². The summed E-state index contributed by atoms with van der Waals surface area (Å²) >= 11 is 0. The number of unbranched alkanes of at least 4 members (excludes halogenated alkanes) is 3. The van der Waals surface area contributed by atoms with Crippen LogP contribution < -0.4 is 0 Å². The van der Waals surface area contributed by atoms with E-state index >= 15 is 0 Å². The van der Waals surface area contributed by atoms with Crippen molar-refractivity contribution in [2.24, 2.45) is 4.99 Å². The van der Waals surface area contributed by atoms with E-state index in [-0.39, 0.29) is 11.5 Å². The molecule has 0 fully saturated rings. The normalized spacial score (nSPS) is 8.45. The van der Waals surface area contributed by atoms with Crippen molar-refractivity contribution < 1.29 is 24.2 Å². The lowest BCUT2D eigenvalue weighted by atomic mass is 10.2. The first-order valence-corrected chi connectivity index (χ1v) is 6.17. The predicted octanol–water partition coefficient (Wildman–Crippen LogP) is 2.26. The van der Waals surface area contributed by atoms with E-state index in [4.69, 9.17) is 9.84 Å². The van der Waals surface area contributed by atoms with Crippen molar-refractivity contribution in [3.8, 4) is 0 Å². The highest BCUT2D eigenvalue weighted by Gasteiger charge is 1.94. The zero-order valence-electron chi connectivity index (χ0n) is 11.8. The highest BCUT2D eigenvalue weighted by atomic mass is 16.5. The Morgan fingerprint density at radius 2 is 1.85 bits per heavy atom. The summed E-state index contributed by atoms with van der Waals surface area (Å²) in [5.41, 5.74) is 0.176. The van der Waals surface area contributed by atoms with Crippen molar-refractivity contribution in [2.75, 3.05) is 13.2 Å². The Labute approximate surface area is 118 Å². The average molecular weight is 283 g/mol. The number of aliphatic carboxylic acids is 1. The molecule has 0 atom stereocenters. The fraction of sp³-hybridized carbons (Fsp3) is 0.500. The van der Waals surface area contributed by atoms with Gasteiger partial charge in [-0.25, -0.2) is 19.4 Å². The molecule has 0 saturated carbocycles. The Kier molecular flexibility index (Phi) is 15.0. The maximum absolute atomic E-state index is 10.6. The van der Waals surface area contributed by atoms with Gasteiger partial charge in [0.25, 0.3) is 0 Å². The first-order valence-electron chi connectivity index (χ1n) is 6.17. The van der Waals surface area contributed by atoms with E-state index in [1.807, 2.05) is 0 Å². The molecule has 0 bridgehead atoms. The first-order chi connectivity index (χ1) is 9.45. The van der Waals surface area contributed by atoms with Gasteiger partial charge >= 0.3 is 11.9 Å². The molecular weight excluding hydrogens is 262 g/mol. The zero-order chi connectivity index (χ0) is 15.8. The summed E-state index contributed by atoms with van der Waals surface area (Å²) in [5, 5.41) is 7.89. The van der Waals surface area contributed by atoms with Crippen LogP contribution in [0.2, 0.25) is 0 Å². The van der Waals surface area contributed by atoms with Gasteiger partial charge in [-0.2, -0.15) is 0 Å². The van der Waals surface area contributed by atoms with Crippen molar-refractivity contribution in [1.29, 1.82) is 0 Å². The van der Waals surface area contributed by atoms with E-state index in [1.54, 1.807) is 0 Å². The Hall–Kier alpha value is -2.20. The summed E-state index contributed by atoms with van der Waals surface area (Å²) in [7, 11) is 0. The quantitative estimate of drug-likeness (QED) is 0.230. The summed E-state index contributed by atoms with van der Waals surface area (Å²) in [4.78, 5) is 33.3. The molecule has 0 radical (unpaired) electrons. The molecule has 0 heterocycles. The molecule has 0 aliphatic rings. The second-order valence-corrected chi connectivity index (χ2v) is 3.84. The number of esters is 1. The number of carbonyl (C=O) groups excluding carboxylic acids is 2. The van der Waals surface area contributed by atoms with Gasteiger partial charge in [-0.1, -0.05) is 19.6 Å². The summed E-state index contributed by atoms with van der Waals surface area (Å²) in [6.07, 6.45) is 6.31. The van der Waals surface area contributed by atoms with Crippen LogP contribution in [-0.2, 0) is 19.1 Å². The molecule has 112 valence electrons. The molecule has 1 N–H and O–H groups in total. The highest BCUT2D eigenvalue weighted by molar-refractivity contribution is 5.84. The molecule has 0 aromatic heterocycles. The van der Waals surface area contributed by atoms with Gasteiger partial charge < -0.3 is 9.84 Å². The highest BCUT2D eigenvalue weighted by Crippen LogP contribution is 2.00. The van der Waals surface area contributed by atoms with Crippen LogP contribution in [0.25, 0.3) is 0 Å². The Bertz CT molecular complexity index is 358. The number of rotatable bonds is 9. The number of carboxylic acids is 1. The predicted molar refractivity (Wildman–Crippen MR) is 75.1 cm³/mol. The summed E-state index contributed by atoms with van der Waals surface area (Å²) < 4.78 is 4.78. The lowest BCUT2D eigenvalue weighted by Crippen LogP contribution is -2.01. The molecule has 6 nitrogen and oxygen atoms in total. The molecule has 20 heavy (non-hydrogen) atoms. The Morgan fingerprint density at radius 3 is 2.30 bits per heavy atom. The maximum Gasteiger partial charge on any atom is 0.330 e. The minimum Gasteiger partial charge on any atom is -0.478 e. The van der Waals surface area contributed by atoms with Gasteiger partial charge in [-0.3, -0.25) is 0 Å². The number of ether oxygens (including phenoxy) is 1. The standard InChI is InChI=1S/C10H15NO3.C4H6O2/c1-2-10(13)14-8-6-4-3-5-7-11-9-12;1-3(2)4(5)6/h2H,1,3-8H2;1H2,2H3,(H,5,6). The zero-order valence-corrected chi connectivity index (χ0v) is 11.8. The van der Waals surface area contributed by atoms with Crippen molar-refractivity contribution in [1.82, 2.24) is 0 Å². The molecule has 0 saturated heterocycles. The van der Waals surface area contributed by atoms with Gasteiger partial charge in [-0.15, -0.1) is 0 Å². The molecule has 0 aromatic carbocycles. The van der Waals surface area contributed by atoms with Gasteiger partial charge in [0.2, 0.25) is 6.08 Å². The number of aliphatic imine (C=N–C) groups is 1. The van der Waals surface area contributed by atoms with Crippen LogP contribution in [0.1, 0.15) is 32.6 Å². The number of nitrogens with zero attached hydrogens (tertiary/aromatic N) is 1. The van der Waals surface area contributed by atoms with Crippen LogP contribution in [0.4, 0.5) is 0 Å². The third kappa shape index (κ3) is 18.2. The largest absolute Gasteiger partial charge is 0.478 e. The number of carboxylic acid groups (broad SMARTS) is 1. The molecule has 0 aliphatic carbocycles. The SMILES string of the molecule is C=C(C)C(=O)O.C=CC(=O)OCCCCCCN=C=O. The fourth-order valence-electron chi connectivity index (χ4n) is 0.924. The molecule has 0 aromatic rings. The Morgan fingerprint density at radius 1 is 1.30 bits per heavy atom. The van der Waals surface area contributed by atoms with Gasteiger partial charge in [0.15, 0.2) is 0 Å². The van der Waals surface area contributed by atoms with Gasteiger partial charge in [-0.05, 0) is 26.2 Å². The number of carbonyl (C=O) groups is 2. The van der Waals surface area contributed by atoms with Crippen LogP contribution in [0, 0.1) is 0 Å². The van der Waals surface area contributed by atoms with Crippen molar-refractivity contribution >= 4 is 18.0 Å². The van der Waals surface area contributed by atoms with E-state index in [2.05, 4.69) is 18.2 Å². The lowest BCUT2D eigenvalue weighted by molar-refractivity contribution is -0.138. The summed E-state index contributed by atoms with van der Waals surface area (Å²) in [6.45, 7) is 8.86.